The molecule has 20 heavy (non-hydrogen) atoms. The number of nitrogens with one attached hydrogen (secondary N) is 1. The average molecular weight is 274 g/mol. The van der Waals surface area contributed by atoms with Crippen LogP contribution in [0.4, 0.5) is 0 Å². The van der Waals surface area contributed by atoms with E-state index in [1.165, 1.54) is 5.69 Å². The zero-order valence-electron chi connectivity index (χ0n) is 11.7. The maximum atomic E-state index is 12.1. The first-order valence-corrected chi connectivity index (χ1v) is 6.85. The molecule has 2 aromatic rings. The van der Waals surface area contributed by atoms with Gasteiger partial charge in [-0.3, -0.25) is 9.48 Å². The third-order valence-corrected chi connectivity index (χ3v) is 3.83. The van der Waals surface area contributed by atoms with Crippen LogP contribution in [0.3, 0.4) is 0 Å². The van der Waals surface area contributed by atoms with E-state index < -0.39 is 0 Å². The van der Waals surface area contributed by atoms with Gasteiger partial charge < -0.3 is 9.84 Å². The van der Waals surface area contributed by atoms with Crippen molar-refractivity contribution < 1.29 is 9.32 Å². The molecule has 0 bridgehead atoms. The van der Waals surface area contributed by atoms with Crippen LogP contribution in [0.15, 0.2) is 16.8 Å². The predicted molar refractivity (Wildman–Crippen MR) is 72.2 cm³/mol. The number of fused-ring (bicyclic) bond motifs is 1. The van der Waals surface area contributed by atoms with Gasteiger partial charge in [0.05, 0.1) is 12.1 Å². The van der Waals surface area contributed by atoms with Gasteiger partial charge in [0.15, 0.2) is 0 Å². The molecule has 3 rings (SSSR count). The van der Waals surface area contributed by atoms with Crippen molar-refractivity contribution in [2.45, 2.75) is 45.7 Å². The Morgan fingerprint density at radius 2 is 2.40 bits per heavy atom. The summed E-state index contributed by atoms with van der Waals surface area (Å²) in [5.41, 5.74) is 2.86. The van der Waals surface area contributed by atoms with Crippen molar-refractivity contribution in [2.24, 2.45) is 0 Å². The maximum absolute atomic E-state index is 12.1. The maximum Gasteiger partial charge on any atom is 0.224 e. The van der Waals surface area contributed by atoms with Crippen molar-refractivity contribution in [3.05, 3.63) is 35.0 Å². The lowest BCUT2D eigenvalue weighted by molar-refractivity contribution is -0.121. The molecule has 0 saturated heterocycles. The number of hydrogen-bond donors (Lipinski definition) is 1. The van der Waals surface area contributed by atoms with E-state index in [2.05, 4.69) is 15.6 Å². The molecule has 0 fully saturated rings. The monoisotopic (exact) mass is 274 g/mol. The summed E-state index contributed by atoms with van der Waals surface area (Å²) in [5.74, 6) is 0.747. The van der Waals surface area contributed by atoms with Crippen molar-refractivity contribution in [3.8, 4) is 0 Å². The molecule has 0 unspecified atom stereocenters. The summed E-state index contributed by atoms with van der Waals surface area (Å²) in [4.78, 5) is 12.1. The fourth-order valence-corrected chi connectivity index (χ4v) is 2.68. The minimum Gasteiger partial charge on any atom is -0.361 e. The van der Waals surface area contributed by atoms with Gasteiger partial charge in [0.1, 0.15) is 5.76 Å². The lowest BCUT2D eigenvalue weighted by Gasteiger charge is -2.24. The SMILES string of the molecule is Cc1noc(C)c1CC(=O)N[C@@H]1CCn2nccc2C1. The first kappa shape index (κ1) is 12.9. The topological polar surface area (TPSA) is 73.0 Å². The van der Waals surface area contributed by atoms with Gasteiger partial charge in [0, 0.05) is 36.5 Å². The molecule has 1 N–H and O–H groups in total. The molecule has 0 spiro atoms. The van der Waals surface area contributed by atoms with Crippen LogP contribution < -0.4 is 5.32 Å². The van der Waals surface area contributed by atoms with Gasteiger partial charge in [-0.25, -0.2) is 0 Å². The van der Waals surface area contributed by atoms with Crippen LogP contribution in [-0.4, -0.2) is 26.9 Å². The van der Waals surface area contributed by atoms with Crippen LogP contribution in [-0.2, 0) is 24.2 Å². The van der Waals surface area contributed by atoms with Crippen LogP contribution >= 0.6 is 0 Å². The van der Waals surface area contributed by atoms with Crippen molar-refractivity contribution in [3.63, 3.8) is 0 Å². The first-order chi connectivity index (χ1) is 9.63. The highest BCUT2D eigenvalue weighted by Gasteiger charge is 2.21. The number of carbonyl (C=O) groups excluding carboxylic acids is 1. The molecule has 1 atom stereocenters. The number of aromatic nitrogens is 3. The molecular weight excluding hydrogens is 256 g/mol. The molecule has 0 aromatic carbocycles. The lowest BCUT2D eigenvalue weighted by atomic mass is 10.0. The minimum atomic E-state index is 0.0253. The predicted octanol–water partition coefficient (Wildman–Crippen LogP) is 1.16. The number of nitrogens with zero attached hydrogens (tertiary/aromatic N) is 3. The van der Waals surface area contributed by atoms with Crippen molar-refractivity contribution in [1.82, 2.24) is 20.3 Å². The molecule has 106 valence electrons. The number of aryl methyl sites for hydroxylation is 3. The van der Waals surface area contributed by atoms with Crippen molar-refractivity contribution in [2.75, 3.05) is 0 Å². The van der Waals surface area contributed by atoms with Gasteiger partial charge in [-0.05, 0) is 26.3 Å². The Hall–Kier alpha value is -2.11. The van der Waals surface area contributed by atoms with E-state index in [1.54, 1.807) is 0 Å². The number of hydrogen-bond acceptors (Lipinski definition) is 4. The van der Waals surface area contributed by atoms with Crippen LogP contribution in [0.25, 0.3) is 0 Å². The number of amides is 1. The van der Waals surface area contributed by atoms with Crippen molar-refractivity contribution >= 4 is 5.91 Å². The molecule has 3 heterocycles. The third-order valence-electron chi connectivity index (χ3n) is 3.83. The molecule has 0 aliphatic carbocycles. The summed E-state index contributed by atoms with van der Waals surface area (Å²) in [6, 6.07) is 2.19. The fourth-order valence-electron chi connectivity index (χ4n) is 2.68. The largest absolute Gasteiger partial charge is 0.361 e. The van der Waals surface area contributed by atoms with E-state index in [4.69, 9.17) is 4.52 Å². The molecule has 1 amide bonds. The molecule has 1 aliphatic heterocycles. The van der Waals surface area contributed by atoms with Crippen molar-refractivity contribution in [1.29, 1.82) is 0 Å². The summed E-state index contributed by atoms with van der Waals surface area (Å²) < 4.78 is 7.08. The summed E-state index contributed by atoms with van der Waals surface area (Å²) in [7, 11) is 0. The summed E-state index contributed by atoms with van der Waals surface area (Å²) in [6.07, 6.45) is 3.90. The molecule has 0 saturated carbocycles. The van der Waals surface area contributed by atoms with E-state index >= 15 is 0 Å². The second kappa shape index (κ2) is 5.11. The Bertz CT molecular complexity index is 609. The normalized spacial score (nSPS) is 17.8. The summed E-state index contributed by atoms with van der Waals surface area (Å²) in [6.45, 7) is 4.55. The average Bonchev–Trinajstić information content (AvgIpc) is 3.00. The Morgan fingerprint density at radius 1 is 1.55 bits per heavy atom. The molecule has 0 radical (unpaired) electrons. The summed E-state index contributed by atoms with van der Waals surface area (Å²) in [5, 5.41) is 11.2. The second-order valence-electron chi connectivity index (χ2n) is 5.28. The number of carbonyl (C=O) groups is 1. The van der Waals surface area contributed by atoms with Gasteiger partial charge in [0.25, 0.3) is 0 Å². The molecular formula is C14H18N4O2. The Labute approximate surface area is 117 Å². The van der Waals surface area contributed by atoms with Crippen LogP contribution in [0.5, 0.6) is 0 Å². The molecule has 2 aromatic heterocycles. The molecule has 1 aliphatic rings. The van der Waals surface area contributed by atoms with Gasteiger partial charge in [-0.2, -0.15) is 5.10 Å². The lowest BCUT2D eigenvalue weighted by Crippen LogP contribution is -2.41. The van der Waals surface area contributed by atoms with Gasteiger partial charge in [-0.15, -0.1) is 0 Å². The van der Waals surface area contributed by atoms with Gasteiger partial charge in [-0.1, -0.05) is 5.16 Å². The number of rotatable bonds is 3. The van der Waals surface area contributed by atoms with Crippen LogP contribution in [0.1, 0.15) is 29.1 Å². The van der Waals surface area contributed by atoms with E-state index in [-0.39, 0.29) is 11.9 Å². The van der Waals surface area contributed by atoms with Crippen LogP contribution in [0.2, 0.25) is 0 Å². The Morgan fingerprint density at radius 3 is 3.15 bits per heavy atom. The quantitative estimate of drug-likeness (QED) is 0.911. The van der Waals surface area contributed by atoms with E-state index in [0.717, 1.165) is 36.4 Å². The van der Waals surface area contributed by atoms with E-state index in [1.807, 2.05) is 30.8 Å². The van der Waals surface area contributed by atoms with Crippen LogP contribution in [0, 0.1) is 13.8 Å². The van der Waals surface area contributed by atoms with E-state index in [0.29, 0.717) is 6.42 Å². The zero-order valence-corrected chi connectivity index (χ0v) is 11.7. The minimum absolute atomic E-state index is 0.0253. The highest BCUT2D eigenvalue weighted by atomic mass is 16.5. The highest BCUT2D eigenvalue weighted by molar-refractivity contribution is 5.79. The van der Waals surface area contributed by atoms with Gasteiger partial charge in [0.2, 0.25) is 5.91 Å². The Kier molecular flexibility index (Phi) is 3.30. The Balaban J connectivity index is 1.60. The van der Waals surface area contributed by atoms with E-state index in [9.17, 15) is 4.79 Å². The fraction of sp³-hybridized carbons (Fsp3) is 0.500. The zero-order chi connectivity index (χ0) is 14.1. The molecule has 6 heteroatoms. The third kappa shape index (κ3) is 2.45. The first-order valence-electron chi connectivity index (χ1n) is 6.85. The molecule has 6 nitrogen and oxygen atoms in total. The van der Waals surface area contributed by atoms with Gasteiger partial charge >= 0.3 is 0 Å². The smallest absolute Gasteiger partial charge is 0.224 e. The highest BCUT2D eigenvalue weighted by Crippen LogP contribution is 2.15. The summed E-state index contributed by atoms with van der Waals surface area (Å²) >= 11 is 0. The standard InChI is InChI=1S/C14H18N4O2/c1-9-13(10(2)20-17-9)8-14(19)16-11-4-6-18-12(7-11)3-5-15-18/h3,5,11H,4,6-8H2,1-2H3,(H,16,19)/t11-/m1/s1. The second-order valence-corrected chi connectivity index (χ2v) is 5.28.